The van der Waals surface area contributed by atoms with Crippen LogP contribution in [-0.2, 0) is 0 Å². The lowest BCUT2D eigenvalue weighted by Gasteiger charge is -2.09. The Hall–Kier alpha value is -2.21. The van der Waals surface area contributed by atoms with E-state index in [1.807, 2.05) is 50.2 Å². The summed E-state index contributed by atoms with van der Waals surface area (Å²) < 4.78 is 2.68. The Labute approximate surface area is 130 Å². The molecule has 0 bridgehead atoms. The van der Waals surface area contributed by atoms with Gasteiger partial charge in [0.2, 0.25) is 0 Å². The van der Waals surface area contributed by atoms with Gasteiger partial charge in [0.15, 0.2) is 5.82 Å². The largest absolute Gasteiger partial charge is 0.398 e. The number of aryl methyl sites for hydroxylation is 2. The molecule has 0 aliphatic carbocycles. The van der Waals surface area contributed by atoms with Crippen LogP contribution < -0.4 is 5.73 Å². The first-order valence-corrected chi connectivity index (χ1v) is 7.27. The van der Waals surface area contributed by atoms with Crippen molar-refractivity contribution in [3.05, 3.63) is 52.0 Å². The second-order valence-electron chi connectivity index (χ2n) is 4.89. The molecule has 0 aliphatic heterocycles. The molecule has 0 aliphatic rings. The molecule has 21 heavy (non-hydrogen) atoms. The zero-order chi connectivity index (χ0) is 15.0. The number of hydrogen-bond donors (Lipinski definition) is 1. The molecule has 0 atom stereocenters. The molecule has 0 saturated carbocycles. The highest BCUT2D eigenvalue weighted by Gasteiger charge is 2.14. The molecule has 2 N–H and O–H groups in total. The summed E-state index contributed by atoms with van der Waals surface area (Å²) in [7, 11) is 0. The van der Waals surface area contributed by atoms with Crippen molar-refractivity contribution in [2.75, 3.05) is 5.73 Å². The van der Waals surface area contributed by atoms with Gasteiger partial charge in [-0.2, -0.15) is 4.68 Å². The van der Waals surface area contributed by atoms with Crippen LogP contribution in [0, 0.1) is 13.8 Å². The summed E-state index contributed by atoms with van der Waals surface area (Å²) in [6, 6.07) is 11.8. The minimum absolute atomic E-state index is 0.660. The van der Waals surface area contributed by atoms with E-state index in [0.717, 1.165) is 32.5 Å². The number of rotatable bonds is 2. The van der Waals surface area contributed by atoms with Crippen LogP contribution >= 0.6 is 15.9 Å². The number of benzene rings is 2. The number of halogens is 1. The van der Waals surface area contributed by atoms with Crippen LogP contribution in [-0.4, -0.2) is 20.2 Å². The average Bonchev–Trinajstić information content (AvgIpc) is 2.94. The van der Waals surface area contributed by atoms with E-state index in [-0.39, 0.29) is 0 Å². The van der Waals surface area contributed by atoms with Crippen molar-refractivity contribution in [2.24, 2.45) is 0 Å². The first kappa shape index (κ1) is 13.8. The standard InChI is InChI=1S/C15H14BrN5/c1-9-6-7-11(8-12(9)17)15-18-19-20-21(15)13-5-3-4-10(2)14(13)16/h3-8H,17H2,1-2H3. The number of nitrogen functional groups attached to an aromatic ring is 1. The SMILES string of the molecule is Cc1ccc(-c2nnnn2-c2cccc(C)c2Br)cc1N. The minimum atomic E-state index is 0.660. The van der Waals surface area contributed by atoms with Crippen LogP contribution in [0.4, 0.5) is 5.69 Å². The Morgan fingerprint density at radius 1 is 1.10 bits per heavy atom. The normalized spacial score (nSPS) is 10.8. The highest BCUT2D eigenvalue weighted by molar-refractivity contribution is 9.10. The van der Waals surface area contributed by atoms with Gasteiger partial charge in [0.05, 0.1) is 5.69 Å². The Balaban J connectivity index is 2.17. The molecule has 3 aromatic rings. The van der Waals surface area contributed by atoms with Crippen molar-refractivity contribution >= 4 is 21.6 Å². The highest BCUT2D eigenvalue weighted by atomic mass is 79.9. The van der Waals surface area contributed by atoms with E-state index in [9.17, 15) is 0 Å². The topological polar surface area (TPSA) is 69.6 Å². The molecule has 0 amide bonds. The monoisotopic (exact) mass is 343 g/mol. The molecule has 1 aromatic heterocycles. The van der Waals surface area contributed by atoms with Gasteiger partial charge in [0.25, 0.3) is 0 Å². The van der Waals surface area contributed by atoms with Crippen LogP contribution in [0.15, 0.2) is 40.9 Å². The molecule has 0 saturated heterocycles. The molecule has 2 aromatic carbocycles. The first-order valence-electron chi connectivity index (χ1n) is 6.48. The van der Waals surface area contributed by atoms with Gasteiger partial charge < -0.3 is 5.73 Å². The molecular formula is C15H14BrN5. The lowest BCUT2D eigenvalue weighted by Crippen LogP contribution is -2.02. The van der Waals surface area contributed by atoms with Crippen molar-refractivity contribution in [3.8, 4) is 17.1 Å². The van der Waals surface area contributed by atoms with Gasteiger partial charge in [-0.1, -0.05) is 24.3 Å². The van der Waals surface area contributed by atoms with Gasteiger partial charge in [-0.25, -0.2) is 0 Å². The van der Waals surface area contributed by atoms with Crippen molar-refractivity contribution in [2.45, 2.75) is 13.8 Å². The van der Waals surface area contributed by atoms with Gasteiger partial charge in [0, 0.05) is 15.7 Å². The fourth-order valence-corrected chi connectivity index (χ4v) is 2.54. The van der Waals surface area contributed by atoms with Gasteiger partial charge in [-0.05, 0) is 63.5 Å². The van der Waals surface area contributed by atoms with E-state index in [0.29, 0.717) is 5.82 Å². The van der Waals surface area contributed by atoms with E-state index < -0.39 is 0 Å². The van der Waals surface area contributed by atoms with Gasteiger partial charge in [-0.15, -0.1) is 5.10 Å². The van der Waals surface area contributed by atoms with Gasteiger partial charge in [-0.3, -0.25) is 0 Å². The maximum absolute atomic E-state index is 5.98. The third-order valence-corrected chi connectivity index (χ3v) is 4.44. The molecule has 106 valence electrons. The maximum Gasteiger partial charge on any atom is 0.187 e. The summed E-state index contributed by atoms with van der Waals surface area (Å²) in [5.41, 5.74) is 10.7. The van der Waals surface area contributed by atoms with Crippen LogP contribution in [0.2, 0.25) is 0 Å². The van der Waals surface area contributed by atoms with Crippen molar-refractivity contribution in [1.82, 2.24) is 20.2 Å². The zero-order valence-corrected chi connectivity index (χ0v) is 13.3. The van der Waals surface area contributed by atoms with Crippen LogP contribution in [0.25, 0.3) is 17.1 Å². The third-order valence-electron chi connectivity index (χ3n) is 3.41. The van der Waals surface area contributed by atoms with Crippen LogP contribution in [0.3, 0.4) is 0 Å². The van der Waals surface area contributed by atoms with Gasteiger partial charge >= 0.3 is 0 Å². The molecule has 6 heteroatoms. The van der Waals surface area contributed by atoms with Crippen molar-refractivity contribution < 1.29 is 0 Å². The molecule has 0 radical (unpaired) electrons. The quantitative estimate of drug-likeness (QED) is 0.725. The molecule has 0 fully saturated rings. The maximum atomic E-state index is 5.98. The van der Waals surface area contributed by atoms with Crippen molar-refractivity contribution in [1.29, 1.82) is 0 Å². The molecule has 5 nitrogen and oxygen atoms in total. The van der Waals surface area contributed by atoms with Crippen LogP contribution in [0.1, 0.15) is 11.1 Å². The highest BCUT2D eigenvalue weighted by Crippen LogP contribution is 2.28. The summed E-state index contributed by atoms with van der Waals surface area (Å²) in [6.07, 6.45) is 0. The van der Waals surface area contributed by atoms with Crippen LogP contribution in [0.5, 0.6) is 0 Å². The number of anilines is 1. The van der Waals surface area contributed by atoms with E-state index >= 15 is 0 Å². The number of tetrazole rings is 1. The smallest absolute Gasteiger partial charge is 0.187 e. The number of nitrogens with two attached hydrogens (primary N) is 1. The minimum Gasteiger partial charge on any atom is -0.398 e. The molecule has 1 heterocycles. The summed E-state index contributed by atoms with van der Waals surface area (Å²) in [5.74, 6) is 0.660. The third kappa shape index (κ3) is 2.42. The number of aromatic nitrogens is 4. The second-order valence-corrected chi connectivity index (χ2v) is 5.69. The average molecular weight is 344 g/mol. The first-order chi connectivity index (χ1) is 10.1. The molecular weight excluding hydrogens is 330 g/mol. The van der Waals surface area contributed by atoms with E-state index in [1.165, 1.54) is 0 Å². The fraction of sp³-hybridized carbons (Fsp3) is 0.133. The molecule has 0 unspecified atom stereocenters. The van der Waals surface area contributed by atoms with E-state index in [4.69, 9.17) is 5.73 Å². The van der Waals surface area contributed by atoms with Gasteiger partial charge in [0.1, 0.15) is 0 Å². The van der Waals surface area contributed by atoms with E-state index in [2.05, 4.69) is 31.5 Å². The number of hydrogen-bond acceptors (Lipinski definition) is 4. The lowest BCUT2D eigenvalue weighted by atomic mass is 10.1. The Kier molecular flexibility index (Phi) is 3.47. The molecule has 3 rings (SSSR count). The fourth-order valence-electron chi connectivity index (χ4n) is 2.10. The molecule has 0 spiro atoms. The predicted molar refractivity (Wildman–Crippen MR) is 86.2 cm³/mol. The Morgan fingerprint density at radius 3 is 2.67 bits per heavy atom. The van der Waals surface area contributed by atoms with Crippen molar-refractivity contribution in [3.63, 3.8) is 0 Å². The zero-order valence-electron chi connectivity index (χ0n) is 11.7. The second kappa shape index (κ2) is 5.29. The van der Waals surface area contributed by atoms with E-state index in [1.54, 1.807) is 4.68 Å². The summed E-state index contributed by atoms with van der Waals surface area (Å²) in [6.45, 7) is 4.00. The Morgan fingerprint density at radius 2 is 1.90 bits per heavy atom. The Bertz CT molecular complexity index is 810. The lowest BCUT2D eigenvalue weighted by molar-refractivity contribution is 0.788. The summed E-state index contributed by atoms with van der Waals surface area (Å²) in [4.78, 5) is 0. The predicted octanol–water partition coefficient (Wildman–Crippen LogP) is 3.29. The number of nitrogens with zero attached hydrogens (tertiary/aromatic N) is 4. The summed E-state index contributed by atoms with van der Waals surface area (Å²) in [5, 5.41) is 12.0. The summed E-state index contributed by atoms with van der Waals surface area (Å²) >= 11 is 3.59.